The molecule has 0 heterocycles. The Morgan fingerprint density at radius 2 is 1.85 bits per heavy atom. The third-order valence-corrected chi connectivity index (χ3v) is 3.36. The van der Waals surface area contributed by atoms with E-state index in [1.165, 1.54) is 24.3 Å². The number of urea groups is 1. The van der Waals surface area contributed by atoms with Crippen LogP contribution in [0.3, 0.4) is 0 Å². The van der Waals surface area contributed by atoms with E-state index in [9.17, 15) is 18.0 Å². The summed E-state index contributed by atoms with van der Waals surface area (Å²) < 4.78 is 22.1. The first-order valence-electron chi connectivity index (χ1n) is 5.64. The lowest BCUT2D eigenvalue weighted by Gasteiger charge is -2.19. The van der Waals surface area contributed by atoms with E-state index in [0.29, 0.717) is 5.69 Å². The number of hydrogen-bond donors (Lipinski definition) is 3. The first-order valence-corrected chi connectivity index (χ1v) is 7.19. The van der Waals surface area contributed by atoms with Gasteiger partial charge in [-0.05, 0) is 31.2 Å². The molecule has 0 aliphatic heterocycles. The van der Waals surface area contributed by atoms with Crippen molar-refractivity contribution in [2.75, 3.05) is 18.4 Å². The molecule has 0 aliphatic carbocycles. The number of primary sulfonamides is 1. The first kappa shape index (κ1) is 15.9. The van der Waals surface area contributed by atoms with Crippen LogP contribution in [0.1, 0.15) is 6.92 Å². The average molecular weight is 301 g/mol. The molecule has 1 rings (SSSR count). The van der Waals surface area contributed by atoms with Gasteiger partial charge >= 0.3 is 12.0 Å². The summed E-state index contributed by atoms with van der Waals surface area (Å²) >= 11 is 0. The van der Waals surface area contributed by atoms with Gasteiger partial charge in [0.2, 0.25) is 10.0 Å². The van der Waals surface area contributed by atoms with E-state index < -0.39 is 28.6 Å². The zero-order valence-electron chi connectivity index (χ0n) is 10.7. The highest BCUT2D eigenvalue weighted by atomic mass is 32.2. The molecule has 1 aromatic rings. The van der Waals surface area contributed by atoms with Crippen LogP contribution >= 0.6 is 0 Å². The zero-order valence-corrected chi connectivity index (χ0v) is 11.6. The number of carbonyl (C=O) groups excluding carboxylic acids is 1. The molecule has 20 heavy (non-hydrogen) atoms. The van der Waals surface area contributed by atoms with Crippen molar-refractivity contribution in [1.82, 2.24) is 4.90 Å². The lowest BCUT2D eigenvalue weighted by molar-refractivity contribution is -0.137. The number of nitrogens with two attached hydrogens (primary N) is 1. The topological polar surface area (TPSA) is 130 Å². The van der Waals surface area contributed by atoms with E-state index in [0.717, 1.165) is 4.90 Å². The molecule has 0 fully saturated rings. The lowest BCUT2D eigenvalue weighted by atomic mass is 10.3. The second-order valence-electron chi connectivity index (χ2n) is 3.91. The largest absolute Gasteiger partial charge is 0.480 e. The quantitative estimate of drug-likeness (QED) is 0.718. The molecule has 2 amide bonds. The second kappa shape index (κ2) is 6.35. The van der Waals surface area contributed by atoms with Crippen LogP contribution in [0.2, 0.25) is 0 Å². The molecule has 4 N–H and O–H groups in total. The summed E-state index contributed by atoms with van der Waals surface area (Å²) in [5.74, 6) is -1.12. The number of anilines is 1. The van der Waals surface area contributed by atoms with Crippen LogP contribution in [-0.2, 0) is 14.8 Å². The van der Waals surface area contributed by atoms with Crippen LogP contribution in [0.15, 0.2) is 29.2 Å². The Balaban J connectivity index is 2.78. The van der Waals surface area contributed by atoms with Crippen LogP contribution in [0.4, 0.5) is 10.5 Å². The SMILES string of the molecule is CCN(CC(=O)O)C(=O)Nc1ccc(S(N)(=O)=O)cc1. The predicted molar refractivity (Wildman–Crippen MR) is 71.7 cm³/mol. The minimum Gasteiger partial charge on any atom is -0.480 e. The smallest absolute Gasteiger partial charge is 0.323 e. The molecule has 9 heteroatoms. The van der Waals surface area contributed by atoms with Crippen molar-refractivity contribution in [2.24, 2.45) is 5.14 Å². The minimum absolute atomic E-state index is 0.0756. The number of carboxylic acids is 1. The number of nitrogens with one attached hydrogen (secondary N) is 1. The molecule has 0 unspecified atom stereocenters. The number of hydrogen-bond acceptors (Lipinski definition) is 4. The van der Waals surface area contributed by atoms with Crippen molar-refractivity contribution in [3.05, 3.63) is 24.3 Å². The van der Waals surface area contributed by atoms with Gasteiger partial charge in [-0.15, -0.1) is 0 Å². The number of aliphatic carboxylic acids is 1. The van der Waals surface area contributed by atoms with Gasteiger partial charge in [-0.1, -0.05) is 0 Å². The fraction of sp³-hybridized carbons (Fsp3) is 0.273. The van der Waals surface area contributed by atoms with Crippen molar-refractivity contribution in [1.29, 1.82) is 0 Å². The van der Waals surface area contributed by atoms with E-state index >= 15 is 0 Å². The van der Waals surface area contributed by atoms with Gasteiger partial charge in [-0.2, -0.15) is 0 Å². The molecule has 0 spiro atoms. The fourth-order valence-electron chi connectivity index (χ4n) is 1.42. The van der Waals surface area contributed by atoms with E-state index in [1.807, 2.05) is 0 Å². The number of likely N-dealkylation sites (N-methyl/N-ethyl adjacent to an activating group) is 1. The zero-order chi connectivity index (χ0) is 15.3. The molecule has 0 saturated carbocycles. The number of benzene rings is 1. The van der Waals surface area contributed by atoms with Crippen molar-refractivity contribution >= 4 is 27.7 Å². The molecule has 0 bridgehead atoms. The molecule has 1 aromatic carbocycles. The van der Waals surface area contributed by atoms with Gasteiger partial charge in [0.05, 0.1) is 4.90 Å². The maximum absolute atomic E-state index is 11.8. The lowest BCUT2D eigenvalue weighted by Crippen LogP contribution is -2.38. The second-order valence-corrected chi connectivity index (χ2v) is 5.47. The highest BCUT2D eigenvalue weighted by molar-refractivity contribution is 7.89. The van der Waals surface area contributed by atoms with Gasteiger partial charge in [0, 0.05) is 12.2 Å². The van der Waals surface area contributed by atoms with Crippen molar-refractivity contribution in [3.63, 3.8) is 0 Å². The van der Waals surface area contributed by atoms with Crippen LogP contribution in [0, 0.1) is 0 Å². The van der Waals surface area contributed by atoms with Crippen molar-refractivity contribution in [3.8, 4) is 0 Å². The summed E-state index contributed by atoms with van der Waals surface area (Å²) in [5.41, 5.74) is 0.339. The summed E-state index contributed by atoms with van der Waals surface area (Å²) in [6.07, 6.45) is 0. The maximum Gasteiger partial charge on any atom is 0.323 e. The van der Waals surface area contributed by atoms with Crippen molar-refractivity contribution < 1.29 is 23.1 Å². The van der Waals surface area contributed by atoms with Crippen molar-refractivity contribution in [2.45, 2.75) is 11.8 Å². The van der Waals surface area contributed by atoms with E-state index in [1.54, 1.807) is 6.92 Å². The Morgan fingerprint density at radius 3 is 2.25 bits per heavy atom. The number of carbonyl (C=O) groups is 2. The third-order valence-electron chi connectivity index (χ3n) is 2.43. The summed E-state index contributed by atoms with van der Waals surface area (Å²) in [4.78, 5) is 23.4. The monoisotopic (exact) mass is 301 g/mol. The molecule has 0 atom stereocenters. The number of sulfonamides is 1. The summed E-state index contributed by atoms with van der Waals surface area (Å²) in [7, 11) is -3.79. The number of amides is 2. The molecule has 8 nitrogen and oxygen atoms in total. The van der Waals surface area contributed by atoms with Crippen LogP contribution < -0.4 is 10.5 Å². The van der Waals surface area contributed by atoms with Gasteiger partial charge in [0.15, 0.2) is 0 Å². The summed E-state index contributed by atoms with van der Waals surface area (Å²) in [5, 5.41) is 16.1. The Kier molecular flexibility index (Phi) is 5.06. The van der Waals surface area contributed by atoms with Gasteiger partial charge in [-0.25, -0.2) is 18.4 Å². The minimum atomic E-state index is -3.79. The molecule has 110 valence electrons. The van der Waals surface area contributed by atoms with Crippen LogP contribution in [0.5, 0.6) is 0 Å². The van der Waals surface area contributed by atoms with Gasteiger partial charge in [-0.3, -0.25) is 4.79 Å². The Bertz CT molecular complexity index is 597. The molecule has 0 aliphatic rings. The molecule has 0 aromatic heterocycles. The van der Waals surface area contributed by atoms with Gasteiger partial charge in [0.1, 0.15) is 6.54 Å². The van der Waals surface area contributed by atoms with Gasteiger partial charge < -0.3 is 15.3 Å². The number of nitrogens with zero attached hydrogens (tertiary/aromatic N) is 1. The maximum atomic E-state index is 11.8. The molecular formula is C11H15N3O5S. The number of rotatable bonds is 5. The van der Waals surface area contributed by atoms with Crippen LogP contribution in [0.25, 0.3) is 0 Å². The highest BCUT2D eigenvalue weighted by Gasteiger charge is 2.15. The van der Waals surface area contributed by atoms with Gasteiger partial charge in [0.25, 0.3) is 0 Å². The van der Waals surface area contributed by atoms with E-state index in [2.05, 4.69) is 5.32 Å². The first-order chi connectivity index (χ1) is 9.24. The highest BCUT2D eigenvalue weighted by Crippen LogP contribution is 2.13. The normalized spacial score (nSPS) is 10.9. The fourth-order valence-corrected chi connectivity index (χ4v) is 1.94. The average Bonchev–Trinajstić information content (AvgIpc) is 2.35. The Morgan fingerprint density at radius 1 is 1.30 bits per heavy atom. The Hall–Kier alpha value is -2.13. The van der Waals surface area contributed by atoms with Crippen LogP contribution in [-0.4, -0.2) is 43.5 Å². The number of carboxylic acid groups (broad SMARTS) is 1. The standard InChI is InChI=1S/C11H15N3O5S/c1-2-14(7-10(15)16)11(17)13-8-3-5-9(6-4-8)20(12,18)19/h3-6H,2,7H2,1H3,(H,13,17)(H,15,16)(H2,12,18,19). The third kappa shape index (κ3) is 4.52. The molecule has 0 radical (unpaired) electrons. The Labute approximate surface area is 116 Å². The van der Waals surface area contributed by atoms with E-state index in [-0.39, 0.29) is 11.4 Å². The summed E-state index contributed by atoms with van der Waals surface area (Å²) in [6, 6.07) is 4.65. The summed E-state index contributed by atoms with van der Waals surface area (Å²) in [6.45, 7) is 1.46. The molecule has 0 saturated heterocycles. The predicted octanol–water partition coefficient (Wildman–Crippen LogP) is 0.272. The van der Waals surface area contributed by atoms with E-state index in [4.69, 9.17) is 10.2 Å². The molecular weight excluding hydrogens is 286 g/mol.